The van der Waals surface area contributed by atoms with Crippen LogP contribution in [-0.4, -0.2) is 23.4 Å². The molecule has 17 heavy (non-hydrogen) atoms. The molecule has 0 saturated carbocycles. The number of nitrogens with zero attached hydrogens (tertiary/aromatic N) is 1. The van der Waals surface area contributed by atoms with Crippen molar-refractivity contribution in [3.05, 3.63) is 34.3 Å². The highest BCUT2D eigenvalue weighted by atomic mass is 79.9. The van der Waals surface area contributed by atoms with E-state index in [0.29, 0.717) is 6.54 Å². The van der Waals surface area contributed by atoms with E-state index >= 15 is 0 Å². The van der Waals surface area contributed by atoms with E-state index in [-0.39, 0.29) is 11.9 Å². The van der Waals surface area contributed by atoms with Gasteiger partial charge in [0, 0.05) is 11.0 Å². The Hall–Kier alpha value is -1.36. The lowest BCUT2D eigenvalue weighted by Gasteiger charge is -2.11. The zero-order chi connectivity index (χ0) is 12.4. The summed E-state index contributed by atoms with van der Waals surface area (Å²) in [6, 6.07) is 6.55. The molecule has 1 fully saturated rings. The maximum atomic E-state index is 12.0. The minimum Gasteiger partial charge on any atom is -0.322 e. The Kier molecular flexibility index (Phi) is 3.47. The third-order valence-corrected chi connectivity index (χ3v) is 3.21. The van der Waals surface area contributed by atoms with Crippen molar-refractivity contribution in [2.75, 3.05) is 6.54 Å². The van der Waals surface area contributed by atoms with Crippen LogP contribution in [0.5, 0.6) is 0 Å². The van der Waals surface area contributed by atoms with E-state index in [1.165, 1.54) is 4.90 Å². The number of halogens is 1. The third kappa shape index (κ3) is 2.34. The zero-order valence-electron chi connectivity index (χ0n) is 9.44. The van der Waals surface area contributed by atoms with Crippen LogP contribution in [0, 0.1) is 0 Å². The van der Waals surface area contributed by atoms with Crippen molar-refractivity contribution in [2.45, 2.75) is 19.4 Å². The Morgan fingerprint density at radius 2 is 1.94 bits per heavy atom. The lowest BCUT2D eigenvalue weighted by Crippen LogP contribution is -2.31. The smallest absolute Gasteiger partial charge is 0.322 e. The van der Waals surface area contributed by atoms with E-state index in [1.807, 2.05) is 31.2 Å². The molecule has 0 radical (unpaired) electrons. The van der Waals surface area contributed by atoms with Gasteiger partial charge in [0.05, 0.1) is 0 Å². The summed E-state index contributed by atoms with van der Waals surface area (Å²) in [5, 5.41) is 2.70. The van der Waals surface area contributed by atoms with Gasteiger partial charge in [0.1, 0.15) is 6.04 Å². The normalized spacial score (nSPS) is 19.6. The van der Waals surface area contributed by atoms with Crippen LogP contribution in [-0.2, 0) is 4.79 Å². The first-order chi connectivity index (χ1) is 8.13. The Balaban J connectivity index is 2.21. The van der Waals surface area contributed by atoms with Crippen LogP contribution in [0.1, 0.15) is 24.9 Å². The topological polar surface area (TPSA) is 49.4 Å². The molecule has 0 spiro atoms. The van der Waals surface area contributed by atoms with E-state index < -0.39 is 6.04 Å². The van der Waals surface area contributed by atoms with Crippen LogP contribution in [0.3, 0.4) is 0 Å². The van der Waals surface area contributed by atoms with Crippen LogP contribution < -0.4 is 5.32 Å². The van der Waals surface area contributed by atoms with Crippen molar-refractivity contribution in [1.82, 2.24) is 10.2 Å². The summed E-state index contributed by atoms with van der Waals surface area (Å²) < 4.78 is 0.948. The van der Waals surface area contributed by atoms with E-state index in [0.717, 1.165) is 16.5 Å². The van der Waals surface area contributed by atoms with Gasteiger partial charge < -0.3 is 5.32 Å². The molecule has 1 aliphatic heterocycles. The number of amides is 3. The number of imide groups is 1. The minimum atomic E-state index is -0.540. The number of nitrogens with one attached hydrogen (secondary N) is 1. The van der Waals surface area contributed by atoms with Gasteiger partial charge in [-0.05, 0) is 24.1 Å². The van der Waals surface area contributed by atoms with Crippen LogP contribution >= 0.6 is 15.9 Å². The first-order valence-corrected chi connectivity index (χ1v) is 6.30. The van der Waals surface area contributed by atoms with Crippen molar-refractivity contribution in [2.24, 2.45) is 0 Å². The fourth-order valence-electron chi connectivity index (χ4n) is 1.84. The first kappa shape index (κ1) is 12.1. The summed E-state index contributed by atoms with van der Waals surface area (Å²) in [5.41, 5.74) is 0.810. The molecule has 1 aromatic carbocycles. The fraction of sp³-hybridized carbons (Fsp3) is 0.333. The highest BCUT2D eigenvalue weighted by molar-refractivity contribution is 9.10. The predicted molar refractivity (Wildman–Crippen MR) is 67.4 cm³/mol. The van der Waals surface area contributed by atoms with Crippen LogP contribution in [0.2, 0.25) is 0 Å². The highest BCUT2D eigenvalue weighted by Gasteiger charge is 2.38. The molecule has 1 unspecified atom stereocenters. The molecule has 1 atom stereocenters. The van der Waals surface area contributed by atoms with E-state index in [2.05, 4.69) is 21.2 Å². The summed E-state index contributed by atoms with van der Waals surface area (Å²) in [6.07, 6.45) is 0.770. The Labute approximate surface area is 108 Å². The monoisotopic (exact) mass is 296 g/mol. The van der Waals surface area contributed by atoms with Gasteiger partial charge in [0.25, 0.3) is 5.91 Å². The number of hydrogen-bond acceptors (Lipinski definition) is 2. The summed E-state index contributed by atoms with van der Waals surface area (Å²) in [6.45, 7) is 2.41. The SMILES string of the molecule is CCCN1C(=O)NC(c2ccc(Br)cc2)C1=O. The van der Waals surface area contributed by atoms with Gasteiger partial charge in [0.15, 0.2) is 0 Å². The quantitative estimate of drug-likeness (QED) is 0.871. The summed E-state index contributed by atoms with van der Waals surface area (Å²) in [4.78, 5) is 24.9. The van der Waals surface area contributed by atoms with Gasteiger partial charge in [-0.3, -0.25) is 9.69 Å². The molecule has 4 nitrogen and oxygen atoms in total. The molecule has 0 bridgehead atoms. The van der Waals surface area contributed by atoms with Crippen molar-refractivity contribution in [3.8, 4) is 0 Å². The van der Waals surface area contributed by atoms with Gasteiger partial charge in [-0.15, -0.1) is 0 Å². The van der Waals surface area contributed by atoms with E-state index in [4.69, 9.17) is 0 Å². The number of urea groups is 1. The number of rotatable bonds is 3. The summed E-state index contributed by atoms with van der Waals surface area (Å²) in [7, 11) is 0. The Morgan fingerprint density at radius 3 is 2.53 bits per heavy atom. The number of hydrogen-bond donors (Lipinski definition) is 1. The van der Waals surface area contributed by atoms with Gasteiger partial charge in [-0.1, -0.05) is 35.0 Å². The van der Waals surface area contributed by atoms with Gasteiger partial charge in [-0.25, -0.2) is 4.79 Å². The maximum absolute atomic E-state index is 12.0. The molecule has 1 heterocycles. The lowest BCUT2D eigenvalue weighted by molar-refractivity contribution is -0.127. The van der Waals surface area contributed by atoms with Gasteiger partial charge in [-0.2, -0.15) is 0 Å². The maximum Gasteiger partial charge on any atom is 0.325 e. The molecule has 90 valence electrons. The average molecular weight is 297 g/mol. The molecule has 1 N–H and O–H groups in total. The zero-order valence-corrected chi connectivity index (χ0v) is 11.0. The number of benzene rings is 1. The molecular weight excluding hydrogens is 284 g/mol. The average Bonchev–Trinajstić information content (AvgIpc) is 2.59. The van der Waals surface area contributed by atoms with E-state index in [1.54, 1.807) is 0 Å². The standard InChI is InChI=1S/C12H13BrN2O2/c1-2-7-15-11(16)10(14-12(15)17)8-3-5-9(13)6-4-8/h3-6,10H,2,7H2,1H3,(H,14,17). The second-order valence-corrected chi connectivity index (χ2v) is 4.84. The lowest BCUT2D eigenvalue weighted by atomic mass is 10.1. The van der Waals surface area contributed by atoms with Crippen molar-refractivity contribution >= 4 is 27.9 Å². The Bertz CT molecular complexity index is 444. The van der Waals surface area contributed by atoms with Gasteiger partial charge in [0.2, 0.25) is 0 Å². The second kappa shape index (κ2) is 4.87. The predicted octanol–water partition coefficient (Wildman–Crippen LogP) is 2.45. The summed E-state index contributed by atoms with van der Waals surface area (Å²) >= 11 is 3.34. The number of carbonyl (C=O) groups is 2. The van der Waals surface area contributed by atoms with Crippen LogP contribution in [0.15, 0.2) is 28.7 Å². The molecule has 3 amide bonds. The molecule has 0 aromatic heterocycles. The molecule has 1 aliphatic rings. The van der Waals surface area contributed by atoms with Crippen molar-refractivity contribution < 1.29 is 9.59 Å². The second-order valence-electron chi connectivity index (χ2n) is 3.92. The van der Waals surface area contributed by atoms with E-state index in [9.17, 15) is 9.59 Å². The van der Waals surface area contributed by atoms with Crippen LogP contribution in [0.25, 0.3) is 0 Å². The molecule has 0 aliphatic carbocycles. The van der Waals surface area contributed by atoms with Crippen molar-refractivity contribution in [1.29, 1.82) is 0 Å². The fourth-order valence-corrected chi connectivity index (χ4v) is 2.10. The molecular formula is C12H13BrN2O2. The summed E-state index contributed by atoms with van der Waals surface area (Å²) in [5.74, 6) is -0.167. The minimum absolute atomic E-state index is 0.167. The van der Waals surface area contributed by atoms with Crippen molar-refractivity contribution in [3.63, 3.8) is 0 Å². The molecule has 2 rings (SSSR count). The highest BCUT2D eigenvalue weighted by Crippen LogP contribution is 2.23. The van der Waals surface area contributed by atoms with Crippen LogP contribution in [0.4, 0.5) is 4.79 Å². The molecule has 1 aromatic rings. The Morgan fingerprint density at radius 1 is 1.29 bits per heavy atom. The third-order valence-electron chi connectivity index (χ3n) is 2.68. The number of carbonyl (C=O) groups excluding carboxylic acids is 2. The molecule has 5 heteroatoms. The molecule has 1 saturated heterocycles. The largest absolute Gasteiger partial charge is 0.325 e. The van der Waals surface area contributed by atoms with Gasteiger partial charge >= 0.3 is 6.03 Å². The first-order valence-electron chi connectivity index (χ1n) is 5.51.